The van der Waals surface area contributed by atoms with Crippen LogP contribution in [0.5, 0.6) is 11.5 Å². The maximum Gasteiger partial charge on any atom is 0.338 e. The van der Waals surface area contributed by atoms with E-state index in [4.69, 9.17) is 9.47 Å². The van der Waals surface area contributed by atoms with E-state index in [0.717, 1.165) is 0 Å². The van der Waals surface area contributed by atoms with Gasteiger partial charge in [-0.25, -0.2) is 18.4 Å². The number of hydrogen-bond acceptors (Lipinski definition) is 4. The summed E-state index contributed by atoms with van der Waals surface area (Å²) in [5.41, 5.74) is 1.32. The van der Waals surface area contributed by atoms with Crippen molar-refractivity contribution >= 4 is 11.9 Å². The Labute approximate surface area is 207 Å². The molecule has 0 saturated heterocycles. The molecule has 0 bridgehead atoms. The minimum atomic E-state index is -1.11. The van der Waals surface area contributed by atoms with E-state index in [1.54, 1.807) is 24.3 Å². The van der Waals surface area contributed by atoms with Gasteiger partial charge in [0.25, 0.3) is 0 Å². The van der Waals surface area contributed by atoms with Crippen LogP contribution in [0.4, 0.5) is 8.78 Å². The van der Waals surface area contributed by atoms with Crippen LogP contribution >= 0.6 is 0 Å². The van der Waals surface area contributed by atoms with Gasteiger partial charge in [-0.1, -0.05) is 36.8 Å². The van der Waals surface area contributed by atoms with Crippen LogP contribution in [0, 0.1) is 35.3 Å². The van der Waals surface area contributed by atoms with E-state index in [-0.39, 0.29) is 22.3 Å². The fraction of sp³-hybridized carbons (Fsp3) is 0.0667. The second kappa shape index (κ2) is 11.5. The van der Waals surface area contributed by atoms with Crippen molar-refractivity contribution in [3.8, 4) is 35.2 Å². The Balaban J connectivity index is 1.72. The Morgan fingerprint density at radius 2 is 0.944 bits per heavy atom. The minimum Gasteiger partial charge on any atom is -0.423 e. The Morgan fingerprint density at radius 1 is 0.611 bits per heavy atom. The molecule has 0 radical (unpaired) electrons. The summed E-state index contributed by atoms with van der Waals surface area (Å²) >= 11 is 0. The van der Waals surface area contributed by atoms with Crippen LogP contribution in [0.1, 0.15) is 36.1 Å². The molecule has 0 saturated carbocycles. The first-order valence-corrected chi connectivity index (χ1v) is 10.6. The van der Waals surface area contributed by atoms with Gasteiger partial charge in [-0.05, 0) is 74.5 Å². The molecular weight excluding hydrogens is 462 g/mol. The highest BCUT2D eigenvalue weighted by atomic mass is 19.2. The lowest BCUT2D eigenvalue weighted by Crippen LogP contribution is -2.07. The number of benzene rings is 3. The van der Waals surface area contributed by atoms with Crippen molar-refractivity contribution in [3.05, 3.63) is 119 Å². The predicted molar refractivity (Wildman–Crippen MR) is 132 cm³/mol. The lowest BCUT2D eigenvalue weighted by atomic mass is 10.1. The van der Waals surface area contributed by atoms with E-state index in [1.807, 2.05) is 0 Å². The van der Waals surface area contributed by atoms with Crippen molar-refractivity contribution in [2.75, 3.05) is 0 Å². The van der Waals surface area contributed by atoms with Crippen LogP contribution in [-0.2, 0) is 9.59 Å². The first-order valence-electron chi connectivity index (χ1n) is 10.6. The van der Waals surface area contributed by atoms with Crippen molar-refractivity contribution in [3.63, 3.8) is 0 Å². The topological polar surface area (TPSA) is 52.6 Å². The number of esters is 2. The van der Waals surface area contributed by atoms with Crippen molar-refractivity contribution in [2.45, 2.75) is 13.8 Å². The maximum absolute atomic E-state index is 14.5. The molecule has 3 rings (SSSR count). The molecule has 0 heterocycles. The van der Waals surface area contributed by atoms with Gasteiger partial charge in [-0.15, -0.1) is 0 Å². The standard InChI is InChI=1S/C30H20F2O4/c1-19(2)29(33)35-25-15-7-21(8-16-25)5-11-23-13-14-24(28(32)27(23)31)12-6-22-9-17-26(18-10-22)36-30(34)20(3)4/h7-10,13-18H,1,3H2,2,4H3. The SMILES string of the molecule is C=C(C)C(=O)Oc1ccc(C#Cc2ccc(C#Cc3ccc(OC(=O)C(=C)C)cc3)c(F)c2F)cc1. The molecule has 0 spiro atoms. The summed E-state index contributed by atoms with van der Waals surface area (Å²) in [6.45, 7) is 10.1. The first kappa shape index (κ1) is 25.7. The van der Waals surface area contributed by atoms with E-state index in [2.05, 4.69) is 36.8 Å². The van der Waals surface area contributed by atoms with Gasteiger partial charge in [-0.2, -0.15) is 0 Å². The molecule has 4 nitrogen and oxygen atoms in total. The smallest absolute Gasteiger partial charge is 0.338 e. The molecule has 0 aliphatic carbocycles. The van der Waals surface area contributed by atoms with Crippen LogP contribution in [0.3, 0.4) is 0 Å². The molecule has 0 unspecified atom stereocenters. The molecule has 0 fully saturated rings. The maximum atomic E-state index is 14.5. The third-order valence-electron chi connectivity index (χ3n) is 4.59. The molecule has 0 aromatic heterocycles. The number of carbonyl (C=O) groups is 2. The zero-order valence-electron chi connectivity index (χ0n) is 19.6. The fourth-order valence-corrected chi connectivity index (χ4v) is 2.62. The Bertz CT molecular complexity index is 1360. The Morgan fingerprint density at radius 3 is 1.25 bits per heavy atom. The van der Waals surface area contributed by atoms with Crippen molar-refractivity contribution < 1.29 is 27.8 Å². The monoisotopic (exact) mass is 482 g/mol. The molecular formula is C30H20F2O4. The lowest BCUT2D eigenvalue weighted by molar-refractivity contribution is -0.130. The lowest BCUT2D eigenvalue weighted by Gasteiger charge is -2.03. The average Bonchev–Trinajstić information content (AvgIpc) is 2.86. The number of halogens is 2. The van der Waals surface area contributed by atoms with Crippen molar-refractivity contribution in [1.29, 1.82) is 0 Å². The van der Waals surface area contributed by atoms with Gasteiger partial charge in [0.15, 0.2) is 11.6 Å². The van der Waals surface area contributed by atoms with Crippen LogP contribution in [-0.4, -0.2) is 11.9 Å². The number of hydrogen-bond donors (Lipinski definition) is 0. The molecule has 0 aliphatic rings. The number of carbonyl (C=O) groups excluding carboxylic acids is 2. The van der Waals surface area contributed by atoms with Gasteiger partial charge in [0, 0.05) is 22.3 Å². The fourth-order valence-electron chi connectivity index (χ4n) is 2.62. The van der Waals surface area contributed by atoms with Gasteiger partial charge >= 0.3 is 11.9 Å². The van der Waals surface area contributed by atoms with Crippen LogP contribution in [0.15, 0.2) is 85.0 Å². The van der Waals surface area contributed by atoms with E-state index in [9.17, 15) is 18.4 Å². The van der Waals surface area contributed by atoms with Gasteiger partial charge in [-0.3, -0.25) is 0 Å². The highest BCUT2D eigenvalue weighted by molar-refractivity contribution is 5.89. The third kappa shape index (κ3) is 6.79. The van der Waals surface area contributed by atoms with Crippen LogP contribution in [0.2, 0.25) is 0 Å². The summed E-state index contributed by atoms with van der Waals surface area (Å²) in [6, 6.07) is 15.2. The third-order valence-corrected chi connectivity index (χ3v) is 4.59. The van der Waals surface area contributed by atoms with Crippen molar-refractivity contribution in [2.24, 2.45) is 0 Å². The zero-order valence-corrected chi connectivity index (χ0v) is 19.6. The molecule has 0 N–H and O–H groups in total. The highest BCUT2D eigenvalue weighted by Gasteiger charge is 2.11. The molecule has 0 amide bonds. The average molecular weight is 482 g/mol. The number of rotatable bonds is 4. The molecule has 3 aromatic rings. The Hall–Kier alpha value is -4.94. The number of ether oxygens (including phenoxy) is 2. The van der Waals surface area contributed by atoms with Crippen LogP contribution in [0.25, 0.3) is 0 Å². The first-order chi connectivity index (χ1) is 17.1. The summed E-state index contributed by atoms with van der Waals surface area (Å²) < 4.78 is 39.3. The normalized spacial score (nSPS) is 9.67. The van der Waals surface area contributed by atoms with E-state index < -0.39 is 23.6 Å². The molecule has 3 aromatic carbocycles. The van der Waals surface area contributed by atoms with E-state index >= 15 is 0 Å². The van der Waals surface area contributed by atoms with Gasteiger partial charge < -0.3 is 9.47 Å². The molecule has 0 aliphatic heterocycles. The van der Waals surface area contributed by atoms with Gasteiger partial charge in [0.05, 0.1) is 11.1 Å². The van der Waals surface area contributed by atoms with E-state index in [1.165, 1.54) is 50.2 Å². The second-order valence-corrected chi connectivity index (χ2v) is 7.68. The van der Waals surface area contributed by atoms with Crippen molar-refractivity contribution in [1.82, 2.24) is 0 Å². The minimum absolute atomic E-state index is 0.125. The summed E-state index contributed by atoms with van der Waals surface area (Å²) in [5, 5.41) is 0. The molecule has 178 valence electrons. The van der Waals surface area contributed by atoms with Gasteiger partial charge in [0.2, 0.25) is 0 Å². The second-order valence-electron chi connectivity index (χ2n) is 7.68. The quantitative estimate of drug-likeness (QED) is 0.206. The molecule has 0 atom stereocenters. The predicted octanol–water partition coefficient (Wildman–Crippen LogP) is 5.73. The molecule has 36 heavy (non-hydrogen) atoms. The highest BCUT2D eigenvalue weighted by Crippen LogP contribution is 2.17. The summed E-state index contributed by atoms with van der Waals surface area (Å²) in [4.78, 5) is 23.1. The zero-order chi connectivity index (χ0) is 26.2. The summed E-state index contributed by atoms with van der Waals surface area (Å²) in [5.74, 6) is 8.00. The largest absolute Gasteiger partial charge is 0.423 e. The summed E-state index contributed by atoms with van der Waals surface area (Å²) in [6.07, 6.45) is 0. The summed E-state index contributed by atoms with van der Waals surface area (Å²) in [7, 11) is 0. The molecule has 6 heteroatoms. The van der Waals surface area contributed by atoms with Gasteiger partial charge in [0.1, 0.15) is 11.5 Å². The van der Waals surface area contributed by atoms with E-state index in [0.29, 0.717) is 22.6 Å². The Kier molecular flexibility index (Phi) is 8.18. The van der Waals surface area contributed by atoms with Crippen LogP contribution < -0.4 is 9.47 Å².